The normalized spacial score (nSPS) is 26.4. The minimum atomic E-state index is -3.02. The van der Waals surface area contributed by atoms with Crippen molar-refractivity contribution >= 4 is 37.4 Å². The Morgan fingerprint density at radius 1 is 1.04 bits per heavy atom. The standard InChI is InChI=1S/C39H47N3O7Si/c1-25-37(50(3,4)47)34(21-36(45)41-23-28-10-6-5-9-27(28)19-30(41)24-43)49-39(25)32-20-31(48-2)16-17-33(32)42(38(39)46)22-26-12-14-29(15-13-26)40-18-8-7-11-35(40)44/h5-6,9-10,12-17,20,25,30,34,37,43,47H,7-8,11,18-19,21-24H2,1-4H3/t25-,30-,34+,37-,39+/m0/s1. The minimum absolute atomic E-state index is 0.0182. The van der Waals surface area contributed by atoms with Gasteiger partial charge < -0.3 is 34.1 Å². The van der Waals surface area contributed by atoms with Crippen molar-refractivity contribution in [3.8, 4) is 5.75 Å². The van der Waals surface area contributed by atoms with Gasteiger partial charge in [-0.05, 0) is 79.4 Å². The van der Waals surface area contributed by atoms with Crippen molar-refractivity contribution in [1.29, 1.82) is 0 Å². The molecular formula is C39H47N3O7Si. The summed E-state index contributed by atoms with van der Waals surface area (Å²) in [6.07, 6.45) is 2.27. The summed E-state index contributed by atoms with van der Waals surface area (Å²) >= 11 is 0. The molecule has 4 heterocycles. The van der Waals surface area contributed by atoms with Gasteiger partial charge in [-0.2, -0.15) is 0 Å². The van der Waals surface area contributed by atoms with E-state index in [0.717, 1.165) is 35.2 Å². The molecule has 5 atom stereocenters. The molecule has 0 aromatic heterocycles. The molecule has 10 nitrogen and oxygen atoms in total. The van der Waals surface area contributed by atoms with Crippen LogP contribution in [0.4, 0.5) is 11.4 Å². The van der Waals surface area contributed by atoms with Crippen LogP contribution in [0.3, 0.4) is 0 Å². The van der Waals surface area contributed by atoms with Gasteiger partial charge in [-0.1, -0.05) is 43.3 Å². The van der Waals surface area contributed by atoms with Gasteiger partial charge in [-0.15, -0.1) is 0 Å². The predicted octanol–water partition coefficient (Wildman–Crippen LogP) is 4.89. The number of aliphatic hydroxyl groups excluding tert-OH is 1. The van der Waals surface area contributed by atoms with Crippen LogP contribution in [-0.2, 0) is 44.2 Å². The number of hydrogen-bond donors (Lipinski definition) is 2. The Hall–Kier alpha value is -4.03. The van der Waals surface area contributed by atoms with E-state index in [-0.39, 0.29) is 43.3 Å². The van der Waals surface area contributed by atoms with E-state index in [2.05, 4.69) is 0 Å². The van der Waals surface area contributed by atoms with E-state index >= 15 is 0 Å². The maximum absolute atomic E-state index is 14.9. The fourth-order valence-electron chi connectivity index (χ4n) is 8.92. The topological polar surface area (TPSA) is 120 Å². The molecule has 1 spiro atoms. The van der Waals surface area contributed by atoms with Crippen LogP contribution in [0.1, 0.15) is 54.9 Å². The summed E-state index contributed by atoms with van der Waals surface area (Å²) in [7, 11) is -1.44. The van der Waals surface area contributed by atoms with Gasteiger partial charge in [-0.25, -0.2) is 0 Å². The van der Waals surface area contributed by atoms with Crippen LogP contribution in [0.15, 0.2) is 66.7 Å². The summed E-state index contributed by atoms with van der Waals surface area (Å²) in [4.78, 5) is 58.6. The van der Waals surface area contributed by atoms with Crippen molar-refractivity contribution in [2.24, 2.45) is 5.92 Å². The Balaban J connectivity index is 1.20. The average molecular weight is 698 g/mol. The fourth-order valence-corrected chi connectivity index (χ4v) is 11.5. The Labute approximate surface area is 294 Å². The number of carbonyl (C=O) groups is 3. The molecule has 2 saturated heterocycles. The number of nitrogens with zero attached hydrogens (tertiary/aromatic N) is 3. The highest BCUT2D eigenvalue weighted by Gasteiger charge is 2.66. The Morgan fingerprint density at radius 2 is 1.78 bits per heavy atom. The zero-order chi connectivity index (χ0) is 35.4. The van der Waals surface area contributed by atoms with Crippen LogP contribution in [0.25, 0.3) is 0 Å². The molecule has 4 aliphatic rings. The van der Waals surface area contributed by atoms with Crippen molar-refractivity contribution in [1.82, 2.24) is 4.90 Å². The molecule has 3 amide bonds. The second kappa shape index (κ2) is 13.3. The number of rotatable bonds is 8. The van der Waals surface area contributed by atoms with Crippen LogP contribution in [0.5, 0.6) is 5.75 Å². The first-order chi connectivity index (χ1) is 24.0. The Kier molecular flexibility index (Phi) is 9.13. The zero-order valence-electron chi connectivity index (χ0n) is 29.3. The van der Waals surface area contributed by atoms with Gasteiger partial charge in [0.2, 0.25) is 11.8 Å². The molecule has 0 unspecified atom stereocenters. The number of piperidine rings is 1. The van der Waals surface area contributed by atoms with Crippen molar-refractivity contribution < 1.29 is 33.8 Å². The highest BCUT2D eigenvalue weighted by atomic mass is 28.4. The third-order valence-electron chi connectivity index (χ3n) is 11.4. The maximum Gasteiger partial charge on any atom is 0.264 e. The molecule has 4 aliphatic heterocycles. The highest BCUT2D eigenvalue weighted by Crippen LogP contribution is 2.60. The van der Waals surface area contributed by atoms with Crippen molar-refractivity contribution in [3.63, 3.8) is 0 Å². The molecule has 3 aromatic rings. The first kappa shape index (κ1) is 34.4. The zero-order valence-corrected chi connectivity index (χ0v) is 30.3. The van der Waals surface area contributed by atoms with Gasteiger partial charge in [0.1, 0.15) is 5.75 Å². The number of carbonyl (C=O) groups excluding carboxylic acids is 3. The van der Waals surface area contributed by atoms with Crippen molar-refractivity contribution in [2.75, 3.05) is 30.1 Å². The molecule has 7 rings (SSSR count). The Morgan fingerprint density at radius 3 is 2.46 bits per heavy atom. The van der Waals surface area contributed by atoms with Gasteiger partial charge in [0.25, 0.3) is 5.91 Å². The summed E-state index contributed by atoms with van der Waals surface area (Å²) in [6, 6.07) is 21.0. The van der Waals surface area contributed by atoms with Gasteiger partial charge >= 0.3 is 0 Å². The molecule has 50 heavy (non-hydrogen) atoms. The van der Waals surface area contributed by atoms with E-state index in [1.54, 1.807) is 16.9 Å². The van der Waals surface area contributed by atoms with E-state index in [9.17, 15) is 24.3 Å². The van der Waals surface area contributed by atoms with Gasteiger partial charge in [0.15, 0.2) is 13.9 Å². The van der Waals surface area contributed by atoms with E-state index in [1.165, 1.54) is 0 Å². The van der Waals surface area contributed by atoms with Crippen molar-refractivity contribution in [3.05, 3.63) is 89.0 Å². The van der Waals surface area contributed by atoms with Crippen molar-refractivity contribution in [2.45, 2.75) is 88.5 Å². The largest absolute Gasteiger partial charge is 0.497 e. The van der Waals surface area contributed by atoms with Crippen LogP contribution in [0, 0.1) is 5.92 Å². The molecule has 0 saturated carbocycles. The van der Waals surface area contributed by atoms with Crippen LogP contribution in [0.2, 0.25) is 18.6 Å². The Bertz CT molecular complexity index is 1790. The summed E-state index contributed by atoms with van der Waals surface area (Å²) in [5, 5.41) is 10.3. The van der Waals surface area contributed by atoms with Gasteiger partial charge in [-0.3, -0.25) is 14.4 Å². The number of methoxy groups -OCH3 is 1. The second-order valence-electron chi connectivity index (χ2n) is 14.8. The lowest BCUT2D eigenvalue weighted by Crippen LogP contribution is -2.48. The van der Waals surface area contributed by atoms with Crippen LogP contribution < -0.4 is 14.5 Å². The molecule has 3 aromatic carbocycles. The molecule has 0 aliphatic carbocycles. The number of aliphatic hydroxyl groups is 1. The summed E-state index contributed by atoms with van der Waals surface area (Å²) in [5.74, 6) is -0.138. The smallest absolute Gasteiger partial charge is 0.264 e. The molecule has 264 valence electrons. The molecule has 2 N–H and O–H groups in total. The lowest BCUT2D eigenvalue weighted by Gasteiger charge is -2.37. The average Bonchev–Trinajstić information content (AvgIpc) is 3.53. The lowest BCUT2D eigenvalue weighted by molar-refractivity contribution is -0.151. The lowest BCUT2D eigenvalue weighted by atomic mass is 9.82. The summed E-state index contributed by atoms with van der Waals surface area (Å²) in [6.45, 7) is 6.87. The first-order valence-electron chi connectivity index (χ1n) is 17.7. The summed E-state index contributed by atoms with van der Waals surface area (Å²) < 4.78 is 12.6. The van der Waals surface area contributed by atoms with Crippen LogP contribution >= 0.6 is 0 Å². The monoisotopic (exact) mass is 697 g/mol. The fraction of sp³-hybridized carbons (Fsp3) is 0.462. The number of amides is 3. The maximum atomic E-state index is 14.9. The molecule has 0 radical (unpaired) electrons. The quantitative estimate of drug-likeness (QED) is 0.322. The molecule has 0 bridgehead atoms. The number of fused-ring (bicyclic) bond motifs is 3. The summed E-state index contributed by atoms with van der Waals surface area (Å²) in [5.41, 5.74) is 3.44. The number of benzene rings is 3. The first-order valence-corrected chi connectivity index (χ1v) is 20.8. The SMILES string of the molecule is COc1ccc2c(c1)[C@@]1(O[C@H](CC(=O)N3Cc4ccccc4C[C@H]3CO)[C@@H]([Si](C)(C)O)[C@@H]1C)C(=O)N2Cc1ccc(N2CCCCC2=O)cc1. The third kappa shape index (κ3) is 5.83. The third-order valence-corrected chi connectivity index (χ3v) is 13.9. The van der Waals surface area contributed by atoms with E-state index in [0.29, 0.717) is 42.9 Å². The molecular weight excluding hydrogens is 651 g/mol. The molecule has 11 heteroatoms. The predicted molar refractivity (Wildman–Crippen MR) is 192 cm³/mol. The van der Waals surface area contributed by atoms with E-state index in [1.807, 2.05) is 91.6 Å². The minimum Gasteiger partial charge on any atom is -0.497 e. The number of hydrogen-bond acceptors (Lipinski definition) is 7. The van der Waals surface area contributed by atoms with E-state index < -0.39 is 31.5 Å². The van der Waals surface area contributed by atoms with E-state index in [4.69, 9.17) is 9.47 Å². The number of ether oxygens (including phenoxy) is 2. The van der Waals surface area contributed by atoms with Crippen LogP contribution in [-0.4, -0.2) is 73.2 Å². The number of anilines is 2. The second-order valence-corrected chi connectivity index (χ2v) is 18.8. The molecule has 2 fully saturated rings. The van der Waals surface area contributed by atoms with Gasteiger partial charge in [0, 0.05) is 42.2 Å². The van der Waals surface area contributed by atoms with Gasteiger partial charge in [0.05, 0.1) is 44.5 Å². The highest BCUT2D eigenvalue weighted by molar-refractivity contribution is 6.71.